The largest absolute Gasteiger partial charge is 0.480 e. The number of carboxylic acid groups (broad SMARTS) is 1. The third-order valence-electron chi connectivity index (χ3n) is 2.02. The number of aliphatic carboxylic acids is 1. The average molecular weight is 242 g/mol. The number of alkyl halides is 3. The molecule has 0 amide bonds. The number of rotatable bonds is 7. The summed E-state index contributed by atoms with van der Waals surface area (Å²) < 4.78 is 36.4. The normalized spacial score (nSPS) is 14.1. The summed E-state index contributed by atoms with van der Waals surface area (Å²) in [4.78, 5) is 11.6. The summed E-state index contributed by atoms with van der Waals surface area (Å²) in [6.07, 6.45) is -3.66. The number of carbonyl (C=O) groups is 1. The Balaban J connectivity index is 4.08. The minimum atomic E-state index is -4.26. The van der Waals surface area contributed by atoms with Crippen molar-refractivity contribution in [1.29, 1.82) is 0 Å². The molecule has 0 bridgehead atoms. The van der Waals surface area contributed by atoms with Gasteiger partial charge in [0.25, 0.3) is 0 Å². The molecule has 96 valence electrons. The maximum Gasteiger partial charge on any atom is 0.401 e. The molecular weight excluding hydrogens is 225 g/mol. The topological polar surface area (TPSA) is 66.6 Å². The lowest BCUT2D eigenvalue weighted by Gasteiger charge is -2.23. The molecule has 0 aromatic heterocycles. The molecule has 0 rings (SSSR count). The third kappa shape index (κ3) is 7.47. The van der Waals surface area contributed by atoms with Gasteiger partial charge in [-0.05, 0) is 19.4 Å². The summed E-state index contributed by atoms with van der Waals surface area (Å²) in [5, 5.41) is 8.49. The highest BCUT2D eigenvalue weighted by atomic mass is 19.4. The molecule has 0 fully saturated rings. The second-order valence-electron chi connectivity index (χ2n) is 3.62. The minimum absolute atomic E-state index is 0.0193. The molecule has 16 heavy (non-hydrogen) atoms. The van der Waals surface area contributed by atoms with Crippen LogP contribution >= 0.6 is 0 Å². The summed E-state index contributed by atoms with van der Waals surface area (Å²) >= 11 is 0. The van der Waals surface area contributed by atoms with Crippen molar-refractivity contribution in [2.24, 2.45) is 5.73 Å². The van der Waals surface area contributed by atoms with Gasteiger partial charge in [-0.2, -0.15) is 13.2 Å². The monoisotopic (exact) mass is 242 g/mol. The Bertz CT molecular complexity index is 221. The molecule has 0 aromatic rings. The third-order valence-corrected chi connectivity index (χ3v) is 2.02. The second kappa shape index (κ2) is 6.70. The van der Waals surface area contributed by atoms with E-state index in [1.807, 2.05) is 0 Å². The van der Waals surface area contributed by atoms with E-state index in [1.165, 1.54) is 4.90 Å². The fourth-order valence-electron chi connectivity index (χ4n) is 1.28. The van der Waals surface area contributed by atoms with Crippen LogP contribution in [0.2, 0.25) is 0 Å². The first kappa shape index (κ1) is 15.2. The molecule has 0 spiro atoms. The summed E-state index contributed by atoms with van der Waals surface area (Å²) in [6.45, 7) is 1.07. The highest BCUT2D eigenvalue weighted by Gasteiger charge is 2.30. The van der Waals surface area contributed by atoms with Crippen molar-refractivity contribution < 1.29 is 23.1 Å². The van der Waals surface area contributed by atoms with Gasteiger partial charge in [0.1, 0.15) is 6.04 Å². The Labute approximate surface area is 92.2 Å². The lowest BCUT2D eigenvalue weighted by molar-refractivity contribution is -0.146. The van der Waals surface area contributed by atoms with Crippen molar-refractivity contribution in [2.45, 2.75) is 32.0 Å². The lowest BCUT2D eigenvalue weighted by atomic mass is 10.2. The standard InChI is InChI=1S/C9H17F3N2O2/c1-2-4-14(6-9(10,11)12)5-3-7(13)8(15)16/h7H,2-6,13H2,1H3,(H,15,16). The van der Waals surface area contributed by atoms with Crippen LogP contribution in [-0.2, 0) is 4.79 Å². The predicted octanol–water partition coefficient (Wildman–Crippen LogP) is 1.06. The maximum absolute atomic E-state index is 12.1. The van der Waals surface area contributed by atoms with Gasteiger partial charge in [-0.1, -0.05) is 6.92 Å². The van der Waals surface area contributed by atoms with Gasteiger partial charge in [0.05, 0.1) is 6.54 Å². The van der Waals surface area contributed by atoms with E-state index in [9.17, 15) is 18.0 Å². The predicted molar refractivity (Wildman–Crippen MR) is 53.0 cm³/mol. The van der Waals surface area contributed by atoms with Gasteiger partial charge in [-0.15, -0.1) is 0 Å². The van der Waals surface area contributed by atoms with Crippen molar-refractivity contribution in [3.8, 4) is 0 Å². The number of halogens is 3. The van der Waals surface area contributed by atoms with Gasteiger partial charge < -0.3 is 10.8 Å². The smallest absolute Gasteiger partial charge is 0.401 e. The summed E-state index contributed by atoms with van der Waals surface area (Å²) in [6, 6.07) is -1.10. The van der Waals surface area contributed by atoms with Crippen LogP contribution < -0.4 is 5.73 Å². The molecular formula is C9H17F3N2O2. The van der Waals surface area contributed by atoms with Crippen LogP contribution in [0.25, 0.3) is 0 Å². The average Bonchev–Trinajstić information content (AvgIpc) is 2.11. The molecule has 0 aromatic carbocycles. The van der Waals surface area contributed by atoms with Gasteiger partial charge in [-0.25, -0.2) is 0 Å². The van der Waals surface area contributed by atoms with E-state index >= 15 is 0 Å². The van der Waals surface area contributed by atoms with Crippen LogP contribution in [0.3, 0.4) is 0 Å². The molecule has 0 aliphatic carbocycles. The van der Waals surface area contributed by atoms with E-state index in [4.69, 9.17) is 10.8 Å². The Kier molecular flexibility index (Phi) is 6.35. The Morgan fingerprint density at radius 3 is 2.38 bits per heavy atom. The van der Waals surface area contributed by atoms with Crippen LogP contribution in [0.15, 0.2) is 0 Å². The molecule has 0 saturated heterocycles. The molecule has 0 radical (unpaired) electrons. The lowest BCUT2D eigenvalue weighted by Crippen LogP contribution is -2.39. The van der Waals surface area contributed by atoms with E-state index in [0.717, 1.165) is 0 Å². The molecule has 0 saturated carbocycles. The van der Waals surface area contributed by atoms with Crippen LogP contribution in [0.1, 0.15) is 19.8 Å². The van der Waals surface area contributed by atoms with Gasteiger partial charge in [0, 0.05) is 6.54 Å². The zero-order valence-electron chi connectivity index (χ0n) is 9.13. The van der Waals surface area contributed by atoms with Gasteiger partial charge in [0.15, 0.2) is 0 Å². The fourth-order valence-corrected chi connectivity index (χ4v) is 1.28. The van der Waals surface area contributed by atoms with E-state index < -0.39 is 24.7 Å². The number of hydrogen-bond donors (Lipinski definition) is 2. The van der Waals surface area contributed by atoms with E-state index in [1.54, 1.807) is 6.92 Å². The van der Waals surface area contributed by atoms with E-state index in [0.29, 0.717) is 6.42 Å². The fraction of sp³-hybridized carbons (Fsp3) is 0.889. The minimum Gasteiger partial charge on any atom is -0.480 e. The molecule has 1 unspecified atom stereocenters. The van der Waals surface area contributed by atoms with Crippen molar-refractivity contribution in [3.63, 3.8) is 0 Å². The Morgan fingerprint density at radius 2 is 2.00 bits per heavy atom. The zero-order valence-corrected chi connectivity index (χ0v) is 9.13. The summed E-state index contributed by atoms with van der Waals surface area (Å²) in [7, 11) is 0. The van der Waals surface area contributed by atoms with Crippen molar-refractivity contribution >= 4 is 5.97 Å². The molecule has 7 heteroatoms. The zero-order chi connectivity index (χ0) is 12.8. The Hall–Kier alpha value is -0.820. The number of nitrogens with zero attached hydrogens (tertiary/aromatic N) is 1. The first-order valence-corrected chi connectivity index (χ1v) is 5.03. The molecule has 1 atom stereocenters. The van der Waals surface area contributed by atoms with Crippen molar-refractivity contribution in [1.82, 2.24) is 4.90 Å². The SMILES string of the molecule is CCCN(CCC(N)C(=O)O)CC(F)(F)F. The van der Waals surface area contributed by atoms with Gasteiger partial charge >= 0.3 is 12.1 Å². The van der Waals surface area contributed by atoms with Crippen molar-refractivity contribution in [3.05, 3.63) is 0 Å². The first-order valence-electron chi connectivity index (χ1n) is 5.03. The summed E-state index contributed by atoms with van der Waals surface area (Å²) in [5.41, 5.74) is 5.22. The molecule has 3 N–H and O–H groups in total. The molecule has 0 aliphatic heterocycles. The highest BCUT2D eigenvalue weighted by Crippen LogP contribution is 2.16. The number of nitrogens with two attached hydrogens (primary N) is 1. The second-order valence-corrected chi connectivity index (χ2v) is 3.62. The molecule has 4 nitrogen and oxygen atoms in total. The van der Waals surface area contributed by atoms with Crippen LogP contribution in [0.5, 0.6) is 0 Å². The van der Waals surface area contributed by atoms with Crippen LogP contribution in [0, 0.1) is 0 Å². The van der Waals surface area contributed by atoms with Crippen LogP contribution in [0.4, 0.5) is 13.2 Å². The van der Waals surface area contributed by atoms with Crippen molar-refractivity contribution in [2.75, 3.05) is 19.6 Å². The van der Waals surface area contributed by atoms with E-state index in [-0.39, 0.29) is 19.5 Å². The molecule has 0 heterocycles. The highest BCUT2D eigenvalue weighted by molar-refractivity contribution is 5.72. The molecule has 0 aliphatic rings. The van der Waals surface area contributed by atoms with E-state index in [2.05, 4.69) is 0 Å². The first-order chi connectivity index (χ1) is 7.26. The number of carboxylic acids is 1. The van der Waals surface area contributed by atoms with Crippen LogP contribution in [-0.4, -0.2) is 47.8 Å². The summed E-state index contributed by atoms with van der Waals surface area (Å²) in [5.74, 6) is -1.19. The maximum atomic E-state index is 12.1. The quantitative estimate of drug-likeness (QED) is 0.700. The van der Waals surface area contributed by atoms with Gasteiger partial charge in [0.2, 0.25) is 0 Å². The Morgan fingerprint density at radius 1 is 1.44 bits per heavy atom. The van der Waals surface area contributed by atoms with Gasteiger partial charge in [-0.3, -0.25) is 9.69 Å². The number of hydrogen-bond acceptors (Lipinski definition) is 3.